The lowest BCUT2D eigenvalue weighted by Gasteiger charge is -2.51. The summed E-state index contributed by atoms with van der Waals surface area (Å²) in [5.41, 5.74) is 22.5. The summed E-state index contributed by atoms with van der Waals surface area (Å²) in [7, 11) is 0. The Labute approximate surface area is 332 Å². The van der Waals surface area contributed by atoms with Crippen LogP contribution in [0, 0.1) is 0 Å². The summed E-state index contributed by atoms with van der Waals surface area (Å²) >= 11 is 0. The molecular weight excluding hydrogens is 675 g/mol. The molecule has 0 atom stereocenters. The number of nitrogens with zero attached hydrogens (tertiary/aromatic N) is 2. The topological polar surface area (TPSA) is 6.48 Å². The van der Waals surface area contributed by atoms with Gasteiger partial charge < -0.3 is 9.71 Å². The fourth-order valence-corrected chi connectivity index (χ4v) is 10.7. The fourth-order valence-electron chi connectivity index (χ4n) is 10.7. The van der Waals surface area contributed by atoms with Crippen LogP contribution in [0.2, 0.25) is 0 Å². The molecule has 2 nitrogen and oxygen atoms in total. The molecule has 0 unspecified atom stereocenters. The quantitative estimate of drug-likeness (QED) is 0.168. The minimum atomic E-state index is -0.167. The third kappa shape index (κ3) is 4.64. The average molecular weight is 723 g/mol. The van der Waals surface area contributed by atoms with Crippen molar-refractivity contribution in [3.63, 3.8) is 0 Å². The molecule has 0 radical (unpaired) electrons. The Morgan fingerprint density at radius 2 is 1.04 bits per heavy atom. The van der Waals surface area contributed by atoms with E-state index in [4.69, 9.17) is 0 Å². The minimum absolute atomic E-state index is 0.0232. The SMILES string of the molecule is CC1(C)CCC(C)(C)c2cc3c(cc21)-c1cc(-c2ccccc2)cc2c1B(c1cccc4c1N2c1ccccc1C4(C)C)N3c1ccc(-c2ccccc2)cc1. The van der Waals surface area contributed by atoms with E-state index in [1.807, 2.05) is 0 Å². The van der Waals surface area contributed by atoms with Gasteiger partial charge in [0.1, 0.15) is 0 Å². The molecule has 0 aromatic heterocycles. The second-order valence-corrected chi connectivity index (χ2v) is 18.4. The standard InChI is InChI=1S/C53H47BN2/c1-51(2)28-29-52(3,4)44-33-47-39(32-43(44)51)40-30-37(35-18-11-8-12-19-35)31-48-49(40)54(56(47)38-26-24-36(25-27-38)34-16-9-7-10-17-34)45-22-15-21-42-50(45)55(48)46-23-14-13-20-41(46)53(42,5)6/h7-27,30-33H,28-29H2,1-6H3. The predicted molar refractivity (Wildman–Crippen MR) is 238 cm³/mol. The zero-order chi connectivity index (χ0) is 38.1. The Balaban J connectivity index is 1.27. The molecule has 3 aliphatic heterocycles. The van der Waals surface area contributed by atoms with E-state index in [2.05, 4.69) is 203 Å². The largest absolute Gasteiger partial charge is 0.376 e. The molecule has 56 heavy (non-hydrogen) atoms. The van der Waals surface area contributed by atoms with Gasteiger partial charge >= 0.3 is 6.85 Å². The van der Waals surface area contributed by atoms with E-state index >= 15 is 0 Å². The summed E-state index contributed by atoms with van der Waals surface area (Å²) in [5, 5.41) is 0. The van der Waals surface area contributed by atoms with Crippen LogP contribution in [-0.2, 0) is 16.2 Å². The van der Waals surface area contributed by atoms with E-state index in [1.165, 1.54) is 108 Å². The number of anilines is 5. The summed E-state index contributed by atoms with van der Waals surface area (Å²) in [6.07, 6.45) is 2.35. The van der Waals surface area contributed by atoms with Gasteiger partial charge in [0.2, 0.25) is 0 Å². The van der Waals surface area contributed by atoms with Crippen LogP contribution in [0.4, 0.5) is 28.4 Å². The van der Waals surface area contributed by atoms with Crippen LogP contribution >= 0.6 is 0 Å². The highest BCUT2D eigenvalue weighted by Crippen LogP contribution is 2.57. The Kier molecular flexibility index (Phi) is 6.96. The molecule has 0 saturated carbocycles. The second kappa shape index (κ2) is 11.6. The van der Waals surface area contributed by atoms with Crippen molar-refractivity contribution in [1.29, 1.82) is 0 Å². The van der Waals surface area contributed by atoms with E-state index in [1.54, 1.807) is 0 Å². The smallest absolute Gasteiger partial charge is 0.333 e. The van der Waals surface area contributed by atoms with Gasteiger partial charge in [-0.05, 0) is 127 Å². The van der Waals surface area contributed by atoms with Crippen molar-refractivity contribution in [3.05, 3.63) is 174 Å². The Hall–Kier alpha value is -5.80. The maximum atomic E-state index is 2.70. The molecule has 1 aliphatic carbocycles. The summed E-state index contributed by atoms with van der Waals surface area (Å²) in [6, 6.07) is 57.6. The minimum Gasteiger partial charge on any atom is -0.376 e. The normalized spacial score (nSPS) is 17.3. The first-order valence-corrected chi connectivity index (χ1v) is 20.4. The molecule has 0 spiro atoms. The Morgan fingerprint density at radius 3 is 1.73 bits per heavy atom. The van der Waals surface area contributed by atoms with Crippen molar-refractivity contribution >= 4 is 46.2 Å². The number of hydrogen-bond donors (Lipinski definition) is 0. The molecule has 7 aromatic carbocycles. The average Bonchev–Trinajstić information content (AvgIpc) is 3.22. The highest BCUT2D eigenvalue weighted by molar-refractivity contribution is 6.93. The van der Waals surface area contributed by atoms with E-state index in [9.17, 15) is 0 Å². The molecule has 0 fully saturated rings. The van der Waals surface area contributed by atoms with Gasteiger partial charge in [-0.3, -0.25) is 0 Å². The van der Waals surface area contributed by atoms with Crippen LogP contribution in [0.3, 0.4) is 0 Å². The first kappa shape index (κ1) is 33.5. The molecule has 3 heterocycles. The van der Waals surface area contributed by atoms with Crippen LogP contribution in [0.5, 0.6) is 0 Å². The van der Waals surface area contributed by atoms with Crippen LogP contribution in [0.1, 0.15) is 76.6 Å². The van der Waals surface area contributed by atoms with E-state index in [0.29, 0.717) is 0 Å². The molecule has 0 N–H and O–H groups in total. The van der Waals surface area contributed by atoms with E-state index in [0.717, 1.165) is 0 Å². The highest BCUT2D eigenvalue weighted by atomic mass is 15.2. The maximum Gasteiger partial charge on any atom is 0.333 e. The van der Waals surface area contributed by atoms with Gasteiger partial charge in [0.05, 0.1) is 5.69 Å². The third-order valence-corrected chi connectivity index (χ3v) is 13.9. The maximum absolute atomic E-state index is 2.70. The molecule has 272 valence electrons. The fraction of sp³-hybridized carbons (Fsp3) is 0.208. The van der Waals surface area contributed by atoms with Crippen molar-refractivity contribution in [3.8, 4) is 33.4 Å². The van der Waals surface area contributed by atoms with Gasteiger partial charge in [-0.25, -0.2) is 0 Å². The predicted octanol–water partition coefficient (Wildman–Crippen LogP) is 12.7. The number of benzene rings is 7. The van der Waals surface area contributed by atoms with Crippen molar-refractivity contribution in [1.82, 2.24) is 0 Å². The van der Waals surface area contributed by atoms with Gasteiger partial charge in [0, 0.05) is 33.7 Å². The van der Waals surface area contributed by atoms with Crippen LogP contribution < -0.4 is 20.6 Å². The van der Waals surface area contributed by atoms with Gasteiger partial charge in [-0.15, -0.1) is 0 Å². The second-order valence-electron chi connectivity index (χ2n) is 18.4. The van der Waals surface area contributed by atoms with Crippen molar-refractivity contribution in [2.24, 2.45) is 0 Å². The molecule has 7 aromatic rings. The van der Waals surface area contributed by atoms with Gasteiger partial charge in [0.15, 0.2) is 0 Å². The summed E-state index contributed by atoms with van der Waals surface area (Å²) in [5.74, 6) is 0. The van der Waals surface area contributed by atoms with Crippen LogP contribution in [-0.4, -0.2) is 6.85 Å². The summed E-state index contributed by atoms with van der Waals surface area (Å²) in [6.45, 7) is 14.6. The lowest BCUT2D eigenvalue weighted by molar-refractivity contribution is 0.332. The summed E-state index contributed by atoms with van der Waals surface area (Å²) < 4.78 is 0. The number of hydrogen-bond acceptors (Lipinski definition) is 2. The first-order chi connectivity index (χ1) is 27.0. The molecule has 4 aliphatic rings. The molecular formula is C53H47BN2. The van der Waals surface area contributed by atoms with Gasteiger partial charge in [-0.2, -0.15) is 0 Å². The van der Waals surface area contributed by atoms with Crippen molar-refractivity contribution in [2.75, 3.05) is 9.71 Å². The zero-order valence-electron chi connectivity index (χ0n) is 33.3. The Bertz CT molecular complexity index is 2720. The molecule has 0 saturated heterocycles. The zero-order valence-corrected chi connectivity index (χ0v) is 33.3. The number of fused-ring (bicyclic) bond motifs is 7. The lowest BCUT2D eigenvalue weighted by atomic mass is 9.42. The molecule has 0 bridgehead atoms. The highest BCUT2D eigenvalue weighted by Gasteiger charge is 2.50. The third-order valence-electron chi connectivity index (χ3n) is 13.9. The first-order valence-electron chi connectivity index (χ1n) is 20.4. The molecule has 3 heteroatoms. The monoisotopic (exact) mass is 722 g/mol. The van der Waals surface area contributed by atoms with E-state index < -0.39 is 0 Å². The molecule has 0 amide bonds. The number of para-hydroxylation sites is 2. The van der Waals surface area contributed by atoms with E-state index in [-0.39, 0.29) is 23.1 Å². The summed E-state index contributed by atoms with van der Waals surface area (Å²) in [4.78, 5) is 5.33. The molecule has 11 rings (SSSR count). The van der Waals surface area contributed by atoms with Gasteiger partial charge in [-0.1, -0.05) is 151 Å². The van der Waals surface area contributed by atoms with Crippen LogP contribution in [0.15, 0.2) is 152 Å². The van der Waals surface area contributed by atoms with Crippen LogP contribution in [0.25, 0.3) is 33.4 Å². The lowest BCUT2D eigenvalue weighted by Crippen LogP contribution is -2.62. The number of rotatable bonds is 3. The van der Waals surface area contributed by atoms with Gasteiger partial charge in [0.25, 0.3) is 0 Å². The van der Waals surface area contributed by atoms with Crippen molar-refractivity contribution in [2.45, 2.75) is 70.6 Å². The van der Waals surface area contributed by atoms with Crippen molar-refractivity contribution < 1.29 is 0 Å². The Morgan fingerprint density at radius 1 is 0.446 bits per heavy atom.